The van der Waals surface area contributed by atoms with Crippen molar-refractivity contribution in [2.24, 2.45) is 0 Å². The van der Waals surface area contributed by atoms with Crippen LogP contribution in [0.5, 0.6) is 0 Å². The van der Waals surface area contributed by atoms with Crippen molar-refractivity contribution < 1.29 is 14.0 Å². The Kier molecular flexibility index (Phi) is 5.38. The van der Waals surface area contributed by atoms with E-state index in [2.05, 4.69) is 5.32 Å². The van der Waals surface area contributed by atoms with Crippen LogP contribution in [0.25, 0.3) is 11.1 Å². The molecule has 27 heavy (non-hydrogen) atoms. The van der Waals surface area contributed by atoms with Gasteiger partial charge in [0.25, 0.3) is 0 Å². The summed E-state index contributed by atoms with van der Waals surface area (Å²) in [5.41, 5.74) is 3.19. The van der Waals surface area contributed by atoms with Gasteiger partial charge in [0.1, 0.15) is 12.1 Å². The monoisotopic (exact) mass is 358 g/mol. The summed E-state index contributed by atoms with van der Waals surface area (Å²) in [4.78, 5) is 22.9. The van der Waals surface area contributed by atoms with Crippen LogP contribution in [-0.2, 0) is 11.2 Å². The fraction of sp³-hybridized carbons (Fsp3) is 0.0455. The van der Waals surface area contributed by atoms with Crippen LogP contribution in [0.15, 0.2) is 66.7 Å². The van der Waals surface area contributed by atoms with Crippen molar-refractivity contribution in [3.8, 4) is 17.2 Å². The highest BCUT2D eigenvalue weighted by molar-refractivity contribution is 5.92. The average molecular weight is 358 g/mol. The summed E-state index contributed by atoms with van der Waals surface area (Å²) in [6, 6.07) is 20.1. The van der Waals surface area contributed by atoms with Gasteiger partial charge in [0.05, 0.1) is 23.7 Å². The third kappa shape index (κ3) is 4.44. The molecule has 0 radical (unpaired) electrons. The molecule has 0 saturated heterocycles. The standard InChI is InChI=1S/C22H15FN2O2/c23-20-12-19(18-6-4-15(14-26)5-7-18)8-9-21(20)25-22(27)11-16-2-1-3-17(10-16)13-24/h1-10,12,14H,11H2,(H,25,27). The molecule has 0 saturated carbocycles. The molecule has 132 valence electrons. The van der Waals surface area contributed by atoms with Crippen molar-refractivity contribution >= 4 is 17.9 Å². The van der Waals surface area contributed by atoms with Crippen molar-refractivity contribution in [2.75, 3.05) is 5.32 Å². The quantitative estimate of drug-likeness (QED) is 0.689. The fourth-order valence-electron chi connectivity index (χ4n) is 2.68. The van der Waals surface area contributed by atoms with E-state index in [4.69, 9.17) is 5.26 Å². The molecule has 3 aromatic rings. The molecule has 0 unspecified atom stereocenters. The van der Waals surface area contributed by atoms with Crippen molar-refractivity contribution in [3.05, 3.63) is 89.2 Å². The molecule has 0 bridgehead atoms. The van der Waals surface area contributed by atoms with E-state index in [1.165, 1.54) is 12.1 Å². The summed E-state index contributed by atoms with van der Waals surface area (Å²) in [7, 11) is 0. The van der Waals surface area contributed by atoms with E-state index in [1.54, 1.807) is 54.6 Å². The number of hydrogen-bond donors (Lipinski definition) is 1. The number of hydrogen-bond acceptors (Lipinski definition) is 3. The lowest BCUT2D eigenvalue weighted by molar-refractivity contribution is -0.115. The zero-order valence-electron chi connectivity index (χ0n) is 14.3. The van der Waals surface area contributed by atoms with Gasteiger partial charge in [0, 0.05) is 5.56 Å². The van der Waals surface area contributed by atoms with Gasteiger partial charge in [-0.25, -0.2) is 4.39 Å². The van der Waals surface area contributed by atoms with Crippen LogP contribution < -0.4 is 5.32 Å². The van der Waals surface area contributed by atoms with Crippen LogP contribution in [0.2, 0.25) is 0 Å². The molecule has 1 N–H and O–H groups in total. The molecule has 0 aliphatic heterocycles. The Morgan fingerprint density at radius 1 is 1.04 bits per heavy atom. The number of nitrogens with one attached hydrogen (secondary N) is 1. The second-order valence-electron chi connectivity index (χ2n) is 5.97. The van der Waals surface area contributed by atoms with Crippen LogP contribution in [0.3, 0.4) is 0 Å². The molecular formula is C22H15FN2O2. The minimum atomic E-state index is -0.550. The van der Waals surface area contributed by atoms with E-state index in [-0.39, 0.29) is 18.0 Å². The number of aldehydes is 1. The smallest absolute Gasteiger partial charge is 0.228 e. The van der Waals surface area contributed by atoms with Crippen molar-refractivity contribution in [3.63, 3.8) is 0 Å². The Labute approximate surface area is 155 Å². The first-order chi connectivity index (χ1) is 13.1. The van der Waals surface area contributed by atoms with Gasteiger partial charge in [-0.1, -0.05) is 42.5 Å². The molecule has 0 heterocycles. The molecule has 5 heteroatoms. The third-order valence-electron chi connectivity index (χ3n) is 4.04. The number of halogens is 1. The molecular weight excluding hydrogens is 343 g/mol. The maximum absolute atomic E-state index is 14.4. The number of amides is 1. The second kappa shape index (κ2) is 8.07. The Hall–Kier alpha value is -3.78. The summed E-state index contributed by atoms with van der Waals surface area (Å²) < 4.78 is 14.4. The normalized spacial score (nSPS) is 10.1. The first-order valence-electron chi connectivity index (χ1n) is 8.23. The van der Waals surface area contributed by atoms with Crippen LogP contribution in [-0.4, -0.2) is 12.2 Å². The van der Waals surface area contributed by atoms with Gasteiger partial charge in [-0.15, -0.1) is 0 Å². The molecule has 0 aromatic heterocycles. The highest BCUT2D eigenvalue weighted by Gasteiger charge is 2.10. The van der Waals surface area contributed by atoms with Gasteiger partial charge in [-0.3, -0.25) is 9.59 Å². The summed E-state index contributed by atoms with van der Waals surface area (Å²) in [5, 5.41) is 11.4. The first-order valence-corrected chi connectivity index (χ1v) is 8.23. The second-order valence-corrected chi connectivity index (χ2v) is 5.97. The Morgan fingerprint density at radius 3 is 2.44 bits per heavy atom. The summed E-state index contributed by atoms with van der Waals surface area (Å²) in [6.45, 7) is 0. The molecule has 0 fully saturated rings. The predicted octanol–water partition coefficient (Wildman–Crippen LogP) is 4.36. The molecule has 3 aromatic carbocycles. The molecule has 0 aliphatic carbocycles. The average Bonchev–Trinajstić information content (AvgIpc) is 2.69. The Bertz CT molecular complexity index is 1040. The maximum atomic E-state index is 14.4. The van der Waals surface area contributed by atoms with Crippen molar-refractivity contribution in [1.29, 1.82) is 5.26 Å². The van der Waals surface area contributed by atoms with Gasteiger partial charge in [0.15, 0.2) is 0 Å². The predicted molar refractivity (Wildman–Crippen MR) is 101 cm³/mol. The van der Waals surface area contributed by atoms with Crippen LogP contribution in [0.4, 0.5) is 10.1 Å². The van der Waals surface area contributed by atoms with Gasteiger partial charge in [-0.2, -0.15) is 5.26 Å². The molecule has 1 amide bonds. The van der Waals surface area contributed by atoms with Crippen molar-refractivity contribution in [1.82, 2.24) is 0 Å². The zero-order chi connectivity index (χ0) is 19.2. The SMILES string of the molecule is N#Cc1cccc(CC(=O)Nc2ccc(-c3ccc(C=O)cc3)cc2F)c1. The van der Waals surface area contributed by atoms with Gasteiger partial charge in [0.2, 0.25) is 5.91 Å². The number of benzene rings is 3. The van der Waals surface area contributed by atoms with E-state index < -0.39 is 5.82 Å². The number of rotatable bonds is 5. The number of carbonyl (C=O) groups excluding carboxylic acids is 2. The van der Waals surface area contributed by atoms with Crippen LogP contribution in [0, 0.1) is 17.1 Å². The highest BCUT2D eigenvalue weighted by Crippen LogP contribution is 2.24. The van der Waals surface area contributed by atoms with Gasteiger partial charge in [-0.05, 0) is 41.0 Å². The van der Waals surface area contributed by atoms with Crippen molar-refractivity contribution in [2.45, 2.75) is 6.42 Å². The summed E-state index contributed by atoms with van der Waals surface area (Å²) >= 11 is 0. The van der Waals surface area contributed by atoms with E-state index >= 15 is 0 Å². The lowest BCUT2D eigenvalue weighted by Crippen LogP contribution is -2.15. The van der Waals surface area contributed by atoms with E-state index in [9.17, 15) is 14.0 Å². The summed E-state index contributed by atoms with van der Waals surface area (Å²) in [5.74, 6) is -0.918. The maximum Gasteiger partial charge on any atom is 0.228 e. The zero-order valence-corrected chi connectivity index (χ0v) is 14.3. The van der Waals surface area contributed by atoms with Crippen LogP contribution in [0.1, 0.15) is 21.5 Å². The number of nitrogens with zero attached hydrogens (tertiary/aromatic N) is 1. The first kappa shape index (κ1) is 18.0. The molecule has 0 aliphatic rings. The number of anilines is 1. The lowest BCUT2D eigenvalue weighted by Gasteiger charge is -2.09. The van der Waals surface area contributed by atoms with Crippen LogP contribution >= 0.6 is 0 Å². The molecule has 0 atom stereocenters. The molecule has 3 rings (SSSR count). The Balaban J connectivity index is 1.72. The fourth-order valence-corrected chi connectivity index (χ4v) is 2.68. The lowest BCUT2D eigenvalue weighted by atomic mass is 10.0. The molecule has 0 spiro atoms. The minimum absolute atomic E-state index is 0.0455. The minimum Gasteiger partial charge on any atom is -0.323 e. The summed E-state index contributed by atoms with van der Waals surface area (Å²) in [6.07, 6.45) is 0.791. The third-order valence-corrected chi connectivity index (χ3v) is 4.04. The highest BCUT2D eigenvalue weighted by atomic mass is 19.1. The largest absolute Gasteiger partial charge is 0.323 e. The van der Waals surface area contributed by atoms with Gasteiger partial charge >= 0.3 is 0 Å². The number of carbonyl (C=O) groups is 2. The molecule has 4 nitrogen and oxygen atoms in total. The van der Waals surface area contributed by atoms with E-state index in [0.717, 1.165) is 11.8 Å². The number of nitriles is 1. The van der Waals surface area contributed by atoms with E-state index in [1.807, 2.05) is 6.07 Å². The van der Waals surface area contributed by atoms with E-state index in [0.29, 0.717) is 22.3 Å². The topological polar surface area (TPSA) is 70.0 Å². The van der Waals surface area contributed by atoms with Gasteiger partial charge < -0.3 is 5.32 Å². The Morgan fingerprint density at radius 2 is 1.78 bits per heavy atom.